The molecule has 8 nitrogen and oxygen atoms in total. The Morgan fingerprint density at radius 3 is 2.56 bits per heavy atom. The lowest BCUT2D eigenvalue weighted by atomic mass is 9.81. The average Bonchev–Trinajstić information content (AvgIpc) is 3.25. The maximum absolute atomic E-state index is 14.2. The number of fused-ring (bicyclic) bond motifs is 2. The molecule has 2 aromatic carbocycles. The zero-order chi connectivity index (χ0) is 26.0. The largest absolute Gasteiger partial charge is 0.507 e. The van der Waals surface area contributed by atoms with Crippen LogP contribution in [0.5, 0.6) is 5.75 Å². The van der Waals surface area contributed by atoms with Gasteiger partial charge in [0.05, 0.1) is 17.9 Å². The highest BCUT2D eigenvalue weighted by atomic mass is 16.5. The third-order valence-corrected chi connectivity index (χ3v) is 6.58. The molecule has 2 aliphatic heterocycles. The number of aliphatic hydroxyl groups excluding tert-OH is 1. The van der Waals surface area contributed by atoms with E-state index in [0.717, 1.165) is 0 Å². The van der Waals surface area contributed by atoms with E-state index in [0.29, 0.717) is 47.7 Å². The minimum atomic E-state index is -1.78. The van der Waals surface area contributed by atoms with Gasteiger partial charge in [-0.2, -0.15) is 0 Å². The molecule has 0 aliphatic carbocycles. The monoisotopic (exact) mass is 490 g/mol. The minimum Gasteiger partial charge on any atom is -0.507 e. The summed E-state index contributed by atoms with van der Waals surface area (Å²) in [7, 11) is 1.48. The number of ketones is 1. The van der Waals surface area contributed by atoms with E-state index in [1.165, 1.54) is 12.0 Å². The lowest BCUT2D eigenvalue weighted by Gasteiger charge is -2.34. The fourth-order valence-electron chi connectivity index (χ4n) is 5.05. The van der Waals surface area contributed by atoms with Gasteiger partial charge in [0, 0.05) is 31.3 Å². The first-order valence-electron chi connectivity index (χ1n) is 11.9. The number of benzene rings is 2. The quantitative estimate of drug-likeness (QED) is 0.250. The number of carbonyl (C=O) groups excluding carboxylic acids is 3. The predicted molar refractivity (Wildman–Crippen MR) is 136 cm³/mol. The third-order valence-electron chi connectivity index (χ3n) is 6.58. The molecule has 2 aliphatic rings. The van der Waals surface area contributed by atoms with E-state index in [1.54, 1.807) is 60.4 Å². The van der Waals surface area contributed by atoms with Crippen molar-refractivity contribution >= 4 is 29.0 Å². The van der Waals surface area contributed by atoms with Gasteiger partial charge in [0.1, 0.15) is 18.1 Å². The normalized spacial score (nSPS) is 20.4. The molecule has 0 bridgehead atoms. The Bertz CT molecular complexity index is 1270. The molecule has 1 atom stereocenters. The Labute approximate surface area is 210 Å². The van der Waals surface area contributed by atoms with E-state index < -0.39 is 28.9 Å². The van der Waals surface area contributed by atoms with Crippen molar-refractivity contribution in [3.8, 4) is 5.75 Å². The smallest absolute Gasteiger partial charge is 0.296 e. The summed E-state index contributed by atoms with van der Waals surface area (Å²) in [5.74, 6) is -2.01. The number of nitrogens with zero attached hydrogens (tertiary/aromatic N) is 2. The van der Waals surface area contributed by atoms with Crippen LogP contribution < -0.4 is 9.64 Å². The number of anilines is 1. The number of aliphatic hydroxyl groups is 1. The molecule has 2 heterocycles. The van der Waals surface area contributed by atoms with Crippen LogP contribution in [0.3, 0.4) is 0 Å². The summed E-state index contributed by atoms with van der Waals surface area (Å²) in [5.41, 5.74) is 0.107. The molecule has 36 heavy (non-hydrogen) atoms. The van der Waals surface area contributed by atoms with E-state index in [2.05, 4.69) is 6.58 Å². The predicted octanol–water partition coefficient (Wildman–Crippen LogP) is 3.54. The van der Waals surface area contributed by atoms with Crippen molar-refractivity contribution < 1.29 is 29.0 Å². The molecule has 0 aromatic heterocycles. The summed E-state index contributed by atoms with van der Waals surface area (Å²) in [6.07, 6.45) is 2.30. The number of para-hydroxylation sites is 1. The molecule has 1 saturated heterocycles. The molecule has 4 rings (SSSR count). The Hall–Kier alpha value is -3.91. The van der Waals surface area contributed by atoms with Gasteiger partial charge in [0.25, 0.3) is 17.6 Å². The number of rotatable bonds is 9. The molecule has 188 valence electrons. The number of hydrogen-bond acceptors (Lipinski definition) is 6. The molecule has 0 radical (unpaired) electrons. The molecule has 2 aromatic rings. The van der Waals surface area contributed by atoms with Gasteiger partial charge in [-0.3, -0.25) is 14.4 Å². The number of Topliss-reactive ketones (excluding diaryl/α,β-unsaturated/α-hetero) is 1. The maximum atomic E-state index is 14.2. The highest BCUT2D eigenvalue weighted by molar-refractivity contribution is 6.50. The number of ether oxygens (including phenoxy) is 2. The van der Waals surface area contributed by atoms with Gasteiger partial charge in [0.15, 0.2) is 5.54 Å². The molecule has 1 unspecified atom stereocenters. The Morgan fingerprint density at radius 1 is 1.14 bits per heavy atom. The van der Waals surface area contributed by atoms with Gasteiger partial charge < -0.3 is 24.4 Å². The second-order valence-corrected chi connectivity index (χ2v) is 8.77. The van der Waals surface area contributed by atoms with Gasteiger partial charge in [-0.25, -0.2) is 0 Å². The third kappa shape index (κ3) is 3.69. The summed E-state index contributed by atoms with van der Waals surface area (Å²) in [6.45, 7) is 8.24. The van der Waals surface area contributed by atoms with Crippen LogP contribution in [0.4, 0.5) is 5.69 Å². The summed E-state index contributed by atoms with van der Waals surface area (Å²) in [4.78, 5) is 43.9. The SMILES string of the molecule is C=CCOc1ccc(/C(O)=C2\C(=O)C(=O)N(CCOC)C23C(=O)N(CCC)c2ccccc23)cc1C. The molecule has 8 heteroatoms. The van der Waals surface area contributed by atoms with Crippen LogP contribution in [0.15, 0.2) is 60.7 Å². The van der Waals surface area contributed by atoms with Crippen LogP contribution >= 0.6 is 0 Å². The van der Waals surface area contributed by atoms with Gasteiger partial charge >= 0.3 is 0 Å². The van der Waals surface area contributed by atoms with Crippen LogP contribution in [-0.2, 0) is 24.7 Å². The number of methoxy groups -OCH3 is 1. The van der Waals surface area contributed by atoms with Gasteiger partial charge in [-0.1, -0.05) is 37.8 Å². The van der Waals surface area contributed by atoms with Crippen molar-refractivity contribution in [3.05, 3.63) is 77.4 Å². The zero-order valence-corrected chi connectivity index (χ0v) is 20.7. The topological polar surface area (TPSA) is 96.4 Å². The summed E-state index contributed by atoms with van der Waals surface area (Å²) in [5, 5.41) is 11.5. The molecular formula is C28H30N2O6. The fraction of sp³-hybridized carbons (Fsp3) is 0.321. The second-order valence-electron chi connectivity index (χ2n) is 8.77. The minimum absolute atomic E-state index is 0.00521. The van der Waals surface area contributed by atoms with E-state index >= 15 is 0 Å². The molecule has 2 amide bonds. The number of likely N-dealkylation sites (tertiary alicyclic amines) is 1. The first-order valence-corrected chi connectivity index (χ1v) is 11.9. The van der Waals surface area contributed by atoms with Crippen LogP contribution in [0.1, 0.15) is 30.0 Å². The zero-order valence-electron chi connectivity index (χ0n) is 20.7. The molecule has 1 N–H and O–H groups in total. The first-order chi connectivity index (χ1) is 17.3. The molecular weight excluding hydrogens is 460 g/mol. The van der Waals surface area contributed by atoms with Crippen LogP contribution in [-0.4, -0.2) is 61.0 Å². The van der Waals surface area contributed by atoms with Crippen LogP contribution in [0, 0.1) is 6.92 Å². The maximum Gasteiger partial charge on any atom is 0.296 e. The average molecular weight is 491 g/mol. The van der Waals surface area contributed by atoms with Crippen molar-refractivity contribution in [1.82, 2.24) is 4.90 Å². The molecule has 1 fully saturated rings. The molecule has 1 spiro atoms. The number of carbonyl (C=O) groups is 3. The first kappa shape index (κ1) is 25.2. The van der Waals surface area contributed by atoms with E-state index in [-0.39, 0.29) is 18.7 Å². The van der Waals surface area contributed by atoms with Crippen molar-refractivity contribution in [3.63, 3.8) is 0 Å². The summed E-state index contributed by atoms with van der Waals surface area (Å²) >= 11 is 0. The van der Waals surface area contributed by atoms with Crippen molar-refractivity contribution in [2.24, 2.45) is 0 Å². The van der Waals surface area contributed by atoms with Gasteiger partial charge in [-0.15, -0.1) is 0 Å². The Kier molecular flexibility index (Phi) is 6.99. The van der Waals surface area contributed by atoms with E-state index in [9.17, 15) is 19.5 Å². The standard InChI is InChI=1S/C28H30N2O6/c1-5-13-29-21-10-8-7-9-20(21)28(27(29)34)23(25(32)26(33)30(28)14-16-35-4)24(31)19-11-12-22(18(3)17-19)36-15-6-2/h6-12,17,31H,2,5,13-16H2,1,3-4H3/b24-23-. The number of hydrogen-bond donors (Lipinski definition) is 1. The van der Waals surface area contributed by atoms with E-state index in [1.807, 2.05) is 6.92 Å². The summed E-state index contributed by atoms with van der Waals surface area (Å²) in [6, 6.07) is 12.0. The highest BCUT2D eigenvalue weighted by Crippen LogP contribution is 2.53. The van der Waals surface area contributed by atoms with Gasteiger partial charge in [-0.05, 0) is 43.2 Å². The second kappa shape index (κ2) is 9.99. The van der Waals surface area contributed by atoms with Gasteiger partial charge in [0.2, 0.25) is 0 Å². The van der Waals surface area contributed by atoms with Crippen LogP contribution in [0.2, 0.25) is 0 Å². The Balaban J connectivity index is 1.98. The summed E-state index contributed by atoms with van der Waals surface area (Å²) < 4.78 is 10.8. The van der Waals surface area contributed by atoms with E-state index in [4.69, 9.17) is 9.47 Å². The lowest BCUT2D eigenvalue weighted by molar-refractivity contribution is -0.144. The number of amides is 2. The van der Waals surface area contributed by atoms with Crippen LogP contribution in [0.25, 0.3) is 5.76 Å². The molecule has 0 saturated carbocycles. The fourth-order valence-corrected chi connectivity index (χ4v) is 5.05. The lowest BCUT2D eigenvalue weighted by Crippen LogP contribution is -2.52. The van der Waals surface area contributed by atoms with Crippen molar-refractivity contribution in [2.45, 2.75) is 25.8 Å². The highest BCUT2D eigenvalue weighted by Gasteiger charge is 2.66. The Morgan fingerprint density at radius 2 is 1.89 bits per heavy atom. The van der Waals surface area contributed by atoms with Crippen molar-refractivity contribution in [2.75, 3.05) is 38.3 Å². The van der Waals surface area contributed by atoms with Crippen molar-refractivity contribution in [1.29, 1.82) is 0 Å². The number of aryl methyl sites for hydroxylation is 1.